The number of carbonyl (C=O) groups is 4. The molecule has 3 aromatic heterocycles. The summed E-state index contributed by atoms with van der Waals surface area (Å²) < 4.78 is 28.6. The number of benzene rings is 3. The molecule has 0 radical (unpaired) electrons. The fourth-order valence-corrected chi connectivity index (χ4v) is 10.8. The Labute approximate surface area is 407 Å². The lowest BCUT2D eigenvalue weighted by molar-refractivity contribution is -0.144. The molecule has 6 aromatic rings. The molecule has 1 fully saturated rings. The molecule has 3 aromatic carbocycles. The van der Waals surface area contributed by atoms with Crippen molar-refractivity contribution < 1.29 is 38.1 Å². The number of aryl methyl sites for hydroxylation is 3. The van der Waals surface area contributed by atoms with Gasteiger partial charge in [-0.05, 0) is 74.4 Å². The number of ether oxygens (including phenoxy) is 2. The van der Waals surface area contributed by atoms with Gasteiger partial charge in [0.15, 0.2) is 12.4 Å². The smallest absolute Gasteiger partial charge is 0.308 e. The van der Waals surface area contributed by atoms with Crippen LogP contribution in [0, 0.1) is 38.9 Å². The number of esters is 1. The quantitative estimate of drug-likeness (QED) is 0.0968. The van der Waals surface area contributed by atoms with Gasteiger partial charge < -0.3 is 30.1 Å². The zero-order chi connectivity index (χ0) is 49.5. The Morgan fingerprint density at radius 3 is 2.29 bits per heavy atom. The summed E-state index contributed by atoms with van der Waals surface area (Å²) >= 11 is 3.16. The minimum absolute atomic E-state index is 0.0317. The van der Waals surface area contributed by atoms with Crippen LogP contribution in [0.3, 0.4) is 0 Å². The minimum atomic E-state index is -1.08. The molecule has 5 heterocycles. The van der Waals surface area contributed by atoms with Crippen LogP contribution in [0.2, 0.25) is 0 Å². The number of carbonyl (C=O) groups excluding carboxylic acids is 4. The number of thiophene rings is 1. The molecule has 0 aliphatic carbocycles. The van der Waals surface area contributed by atoms with Crippen molar-refractivity contribution in [3.05, 3.63) is 123 Å². The van der Waals surface area contributed by atoms with E-state index in [9.17, 15) is 24.3 Å². The summed E-state index contributed by atoms with van der Waals surface area (Å²) in [5.74, 6) is -1.25. The van der Waals surface area contributed by atoms with Gasteiger partial charge in [0.1, 0.15) is 40.5 Å². The van der Waals surface area contributed by atoms with Gasteiger partial charge in [-0.1, -0.05) is 69.3 Å². The highest BCUT2D eigenvalue weighted by Gasteiger charge is 2.45. The van der Waals surface area contributed by atoms with Crippen LogP contribution in [0.25, 0.3) is 26.6 Å². The van der Waals surface area contributed by atoms with Gasteiger partial charge in [0.25, 0.3) is 5.91 Å². The lowest BCUT2D eigenvalue weighted by atomic mass is 9.85. The second-order valence-corrected chi connectivity index (χ2v) is 20.6. The topological polar surface area (TPSA) is 190 Å². The highest BCUT2D eigenvalue weighted by Crippen LogP contribution is 2.40. The molecule has 5 atom stereocenters. The molecule has 69 heavy (non-hydrogen) atoms. The number of fused-ring (bicyclic) bond motifs is 3. The Kier molecular flexibility index (Phi) is 14.0. The molecule has 1 saturated heterocycles. The largest absolute Gasteiger partial charge is 0.484 e. The zero-order valence-electron chi connectivity index (χ0n) is 39.9. The van der Waals surface area contributed by atoms with Crippen molar-refractivity contribution in [3.63, 3.8) is 0 Å². The lowest BCUT2D eigenvalue weighted by Gasteiger charge is -2.35. The average Bonchev–Trinajstić information content (AvgIpc) is 4.09. The molecule has 0 saturated carbocycles. The van der Waals surface area contributed by atoms with Gasteiger partial charge in [-0.25, -0.2) is 9.37 Å². The molecule has 0 bridgehead atoms. The summed E-state index contributed by atoms with van der Waals surface area (Å²) in [5, 5.41) is 26.1. The van der Waals surface area contributed by atoms with Gasteiger partial charge in [0.05, 0.1) is 47.5 Å². The first-order valence-corrected chi connectivity index (χ1v) is 24.3. The number of amides is 3. The van der Waals surface area contributed by atoms with Gasteiger partial charge in [-0.3, -0.25) is 28.7 Å². The molecule has 0 unspecified atom stereocenters. The van der Waals surface area contributed by atoms with Crippen LogP contribution in [0.1, 0.15) is 97.1 Å². The zero-order valence-corrected chi connectivity index (χ0v) is 41.6. The van der Waals surface area contributed by atoms with Crippen LogP contribution in [0.4, 0.5) is 4.39 Å². The predicted molar refractivity (Wildman–Crippen MR) is 262 cm³/mol. The Hall–Kier alpha value is -6.63. The Morgan fingerprint density at radius 1 is 0.942 bits per heavy atom. The number of nitrogens with one attached hydrogen (secondary N) is 2. The molecule has 2 aliphatic rings. The van der Waals surface area contributed by atoms with Gasteiger partial charge in [0, 0.05) is 40.6 Å². The molecular weight excluding hydrogens is 920 g/mol. The predicted octanol–water partition coefficient (Wildman–Crippen LogP) is 7.70. The van der Waals surface area contributed by atoms with E-state index in [1.807, 2.05) is 75.6 Å². The van der Waals surface area contributed by atoms with E-state index < -0.39 is 65.8 Å². The summed E-state index contributed by atoms with van der Waals surface area (Å²) in [6.45, 7) is 14.5. The number of aliphatic hydroxyl groups is 1. The summed E-state index contributed by atoms with van der Waals surface area (Å²) in [6.07, 6.45) is -0.921. The van der Waals surface area contributed by atoms with Crippen molar-refractivity contribution in [2.75, 3.05) is 20.3 Å². The first-order chi connectivity index (χ1) is 32.8. The number of hydrogen-bond acceptors (Lipinski definition) is 13. The Balaban J connectivity index is 0.920. The number of aromatic nitrogens is 4. The van der Waals surface area contributed by atoms with Crippen LogP contribution in [-0.4, -0.2) is 97.6 Å². The summed E-state index contributed by atoms with van der Waals surface area (Å²) in [7, 11) is 1.33. The first kappa shape index (κ1) is 48.8. The SMILES string of the molecule is COC(=O)C[C@@H]1N=C(c2ccc(-c3ccc(OCC(=O)N[C@H](C(=O)N4C[C@H](O)C[C@H]4C(=O)N[C@@H](C)c4ccc(-c5scnc5C)cc4)C(C)(C)C)cc3F)cc2)c2c(sc(C)c2C)-n2c(C)nnc21. The number of aliphatic hydroxyl groups excluding tert-OH is 1. The van der Waals surface area contributed by atoms with Crippen molar-refractivity contribution >= 4 is 52.1 Å². The van der Waals surface area contributed by atoms with Crippen LogP contribution in [0.15, 0.2) is 77.2 Å². The molecule has 8 rings (SSSR count). The van der Waals surface area contributed by atoms with Gasteiger partial charge in [0.2, 0.25) is 11.8 Å². The highest BCUT2D eigenvalue weighted by molar-refractivity contribution is 7.15. The molecule has 3 N–H and O–H groups in total. The lowest BCUT2D eigenvalue weighted by Crippen LogP contribution is -2.58. The van der Waals surface area contributed by atoms with Crippen molar-refractivity contribution in [1.82, 2.24) is 35.3 Å². The third-order valence-corrected chi connectivity index (χ3v) is 14.8. The number of halogens is 1. The number of methoxy groups -OCH3 is 1. The monoisotopic (exact) mass is 974 g/mol. The molecule has 15 nitrogen and oxygen atoms in total. The molecule has 18 heteroatoms. The molecule has 360 valence electrons. The van der Waals surface area contributed by atoms with E-state index in [1.165, 1.54) is 18.1 Å². The minimum Gasteiger partial charge on any atom is -0.484 e. The number of aliphatic imine (C=N–C) groups is 1. The van der Waals surface area contributed by atoms with Crippen molar-refractivity contribution in [2.24, 2.45) is 10.4 Å². The summed E-state index contributed by atoms with van der Waals surface area (Å²) in [4.78, 5) is 66.9. The third kappa shape index (κ3) is 10.1. The fraction of sp³-hybridized carbons (Fsp3) is 0.373. The normalized spacial score (nSPS) is 17.5. The number of β-amino-alcohol motifs (C(OH)–C–C–N with tert-alkyl or cyclic N) is 1. The number of hydrogen-bond donors (Lipinski definition) is 3. The van der Waals surface area contributed by atoms with Crippen molar-refractivity contribution in [3.8, 4) is 32.3 Å². The van der Waals surface area contributed by atoms with Crippen LogP contribution in [-0.2, 0) is 23.9 Å². The summed E-state index contributed by atoms with van der Waals surface area (Å²) in [6, 6.07) is 16.4. The Bertz CT molecular complexity index is 2960. The first-order valence-electron chi connectivity index (χ1n) is 22.6. The molecular formula is C51H55FN8O7S2. The van der Waals surface area contributed by atoms with Gasteiger partial charge in [-0.15, -0.1) is 32.9 Å². The molecule has 3 amide bonds. The third-order valence-electron chi connectivity index (χ3n) is 12.7. The maximum absolute atomic E-state index is 15.9. The van der Waals surface area contributed by atoms with Gasteiger partial charge in [-0.2, -0.15) is 0 Å². The van der Waals surface area contributed by atoms with E-state index in [0.717, 1.165) is 48.3 Å². The second-order valence-electron chi connectivity index (χ2n) is 18.6. The second kappa shape index (κ2) is 19.8. The Morgan fingerprint density at radius 2 is 1.64 bits per heavy atom. The van der Waals surface area contributed by atoms with Gasteiger partial charge >= 0.3 is 5.97 Å². The van der Waals surface area contributed by atoms with Crippen molar-refractivity contribution in [1.29, 1.82) is 0 Å². The molecule has 0 spiro atoms. The van der Waals surface area contributed by atoms with Crippen LogP contribution in [0.5, 0.6) is 5.75 Å². The van der Waals surface area contributed by atoms with E-state index in [4.69, 9.17) is 14.5 Å². The fourth-order valence-electron chi connectivity index (χ4n) is 8.76. The van der Waals surface area contributed by atoms with Crippen LogP contribution < -0.4 is 15.4 Å². The highest BCUT2D eigenvalue weighted by atomic mass is 32.1. The summed E-state index contributed by atoms with van der Waals surface area (Å²) in [5.41, 5.74) is 8.12. The van der Waals surface area contributed by atoms with E-state index in [1.54, 1.807) is 73.2 Å². The van der Waals surface area contributed by atoms with E-state index >= 15 is 4.39 Å². The number of nitrogens with zero attached hydrogens (tertiary/aromatic N) is 6. The van der Waals surface area contributed by atoms with E-state index in [0.29, 0.717) is 28.5 Å². The van der Waals surface area contributed by atoms with Crippen LogP contribution >= 0.6 is 22.7 Å². The van der Waals surface area contributed by atoms with E-state index in [2.05, 4.69) is 25.8 Å². The average molecular weight is 975 g/mol. The molecule has 2 aliphatic heterocycles. The maximum atomic E-state index is 15.9. The number of rotatable bonds is 13. The number of likely N-dealkylation sites (tertiary alicyclic amines) is 1. The van der Waals surface area contributed by atoms with E-state index in [-0.39, 0.29) is 31.2 Å². The number of thiazole rings is 1. The maximum Gasteiger partial charge on any atom is 0.308 e. The van der Waals surface area contributed by atoms with Crippen molar-refractivity contribution in [2.45, 2.75) is 98.5 Å². The standard InChI is InChI=1S/C51H55FN8O7S2/c1-26-29(4)69-50-43(26)44(55-39(22-42(63)66-9)47-58-57-30(5)60(47)50)33-14-12-32(13-15-33)37-19-18-36(21-38(37)52)67-24-41(62)56-46(51(6,7)8)49(65)59-23-35(61)20-40(59)48(64)54-27(2)31-10-16-34(17-11-31)45-28(3)53-25-68-45/h10-19,21,25,27,35,39-40,46,61H,20,22-24H2,1-9H3,(H,54,64)(H,56,62)/t27-,35+,39-,40-,46+/m0/s1.